The topological polar surface area (TPSA) is 53.1 Å². The van der Waals surface area contributed by atoms with E-state index in [9.17, 15) is 0 Å². The zero-order chi connectivity index (χ0) is 9.97. The van der Waals surface area contributed by atoms with Crippen LogP contribution < -0.4 is 5.73 Å². The molecule has 1 aliphatic carbocycles. The van der Waals surface area contributed by atoms with Gasteiger partial charge in [0.2, 0.25) is 0 Å². The van der Waals surface area contributed by atoms with Gasteiger partial charge in [-0.1, -0.05) is 0 Å². The molecule has 4 nitrogen and oxygen atoms in total. The van der Waals surface area contributed by atoms with E-state index in [4.69, 9.17) is 10.5 Å². The first kappa shape index (κ1) is 9.68. The molecule has 2 N–H and O–H groups in total. The number of hydrogen-bond acceptors (Lipinski definition) is 3. The smallest absolute Gasteiger partial charge is 0.0659 e. The molecule has 1 heterocycles. The number of aromatic nitrogens is 2. The summed E-state index contributed by atoms with van der Waals surface area (Å²) in [7, 11) is 1.70. The Balaban J connectivity index is 2.20. The molecule has 0 bridgehead atoms. The van der Waals surface area contributed by atoms with Crippen LogP contribution in [0.1, 0.15) is 30.1 Å². The summed E-state index contributed by atoms with van der Waals surface area (Å²) in [6.45, 7) is 1.50. The highest BCUT2D eigenvalue weighted by atomic mass is 16.5. The molecule has 2 rings (SSSR count). The molecule has 0 amide bonds. The molecule has 1 aromatic heterocycles. The second-order valence-electron chi connectivity index (χ2n) is 3.77. The van der Waals surface area contributed by atoms with Crippen molar-refractivity contribution in [1.29, 1.82) is 0 Å². The molecule has 0 fully saturated rings. The first-order valence-electron chi connectivity index (χ1n) is 5.12. The average Bonchev–Trinajstić information content (AvgIpc) is 2.59. The van der Waals surface area contributed by atoms with Crippen LogP contribution in [0.4, 0.5) is 0 Å². The van der Waals surface area contributed by atoms with Gasteiger partial charge in [-0.05, 0) is 24.8 Å². The van der Waals surface area contributed by atoms with Gasteiger partial charge >= 0.3 is 0 Å². The molecule has 1 atom stereocenters. The Bertz CT molecular complexity index is 308. The van der Waals surface area contributed by atoms with Gasteiger partial charge in [0, 0.05) is 13.2 Å². The van der Waals surface area contributed by atoms with Gasteiger partial charge in [0.15, 0.2) is 0 Å². The largest absolute Gasteiger partial charge is 0.383 e. The van der Waals surface area contributed by atoms with Crippen LogP contribution in [0.2, 0.25) is 0 Å². The second-order valence-corrected chi connectivity index (χ2v) is 3.77. The van der Waals surface area contributed by atoms with Crippen molar-refractivity contribution in [2.24, 2.45) is 5.73 Å². The van der Waals surface area contributed by atoms with Crippen LogP contribution in [0.5, 0.6) is 0 Å². The molecule has 14 heavy (non-hydrogen) atoms. The van der Waals surface area contributed by atoms with Crippen molar-refractivity contribution in [3.63, 3.8) is 0 Å². The van der Waals surface area contributed by atoms with Gasteiger partial charge < -0.3 is 10.5 Å². The van der Waals surface area contributed by atoms with Crippen molar-refractivity contribution in [2.75, 3.05) is 13.7 Å². The van der Waals surface area contributed by atoms with Crippen molar-refractivity contribution < 1.29 is 4.74 Å². The lowest BCUT2D eigenvalue weighted by Crippen LogP contribution is -2.22. The molecule has 0 aliphatic heterocycles. The number of aryl methyl sites for hydroxylation is 1. The summed E-state index contributed by atoms with van der Waals surface area (Å²) in [5.74, 6) is 0. The average molecular weight is 195 g/mol. The van der Waals surface area contributed by atoms with E-state index in [1.165, 1.54) is 17.7 Å². The minimum absolute atomic E-state index is 0.165. The second kappa shape index (κ2) is 4.11. The SMILES string of the molecule is COCCn1ncc2c1[C@H](N)CCC2. The number of nitrogens with zero attached hydrogens (tertiary/aromatic N) is 2. The summed E-state index contributed by atoms with van der Waals surface area (Å²) >= 11 is 0. The summed E-state index contributed by atoms with van der Waals surface area (Å²) < 4.78 is 7.03. The molecule has 0 aromatic carbocycles. The van der Waals surface area contributed by atoms with E-state index in [1.807, 2.05) is 10.9 Å². The summed E-state index contributed by atoms with van der Waals surface area (Å²) in [5.41, 5.74) is 8.60. The Morgan fingerprint density at radius 1 is 1.71 bits per heavy atom. The number of fused-ring (bicyclic) bond motifs is 1. The van der Waals surface area contributed by atoms with E-state index in [0.717, 1.165) is 19.4 Å². The van der Waals surface area contributed by atoms with Gasteiger partial charge in [-0.15, -0.1) is 0 Å². The molecule has 0 spiro atoms. The zero-order valence-corrected chi connectivity index (χ0v) is 8.57. The van der Waals surface area contributed by atoms with Crippen LogP contribution in [0.15, 0.2) is 6.20 Å². The minimum Gasteiger partial charge on any atom is -0.383 e. The van der Waals surface area contributed by atoms with Crippen molar-refractivity contribution in [3.8, 4) is 0 Å². The third-order valence-corrected chi connectivity index (χ3v) is 2.78. The molecule has 0 saturated heterocycles. The minimum atomic E-state index is 0.165. The molecule has 0 radical (unpaired) electrons. The number of rotatable bonds is 3. The molecule has 4 heteroatoms. The Kier molecular flexibility index (Phi) is 2.84. The van der Waals surface area contributed by atoms with E-state index < -0.39 is 0 Å². The van der Waals surface area contributed by atoms with E-state index in [-0.39, 0.29) is 6.04 Å². The highest BCUT2D eigenvalue weighted by molar-refractivity contribution is 5.23. The fourth-order valence-corrected chi connectivity index (χ4v) is 2.06. The summed E-state index contributed by atoms with van der Waals surface area (Å²) in [5, 5.41) is 4.34. The molecule has 0 saturated carbocycles. The van der Waals surface area contributed by atoms with Gasteiger partial charge in [-0.2, -0.15) is 5.10 Å². The van der Waals surface area contributed by atoms with E-state index in [0.29, 0.717) is 6.61 Å². The maximum absolute atomic E-state index is 6.06. The van der Waals surface area contributed by atoms with E-state index >= 15 is 0 Å². The summed E-state index contributed by atoms with van der Waals surface area (Å²) in [6.07, 6.45) is 5.33. The standard InChI is InChI=1S/C10H17N3O/c1-14-6-5-13-10-8(7-12-13)3-2-4-9(10)11/h7,9H,2-6,11H2,1H3/t9-/m1/s1. The Labute approximate surface area is 84.0 Å². The van der Waals surface area contributed by atoms with Crippen LogP contribution in [-0.4, -0.2) is 23.5 Å². The van der Waals surface area contributed by atoms with Crippen LogP contribution >= 0.6 is 0 Å². The third kappa shape index (κ3) is 1.67. The Hall–Kier alpha value is -0.870. The number of hydrogen-bond donors (Lipinski definition) is 1. The molecule has 0 unspecified atom stereocenters. The van der Waals surface area contributed by atoms with Crippen LogP contribution in [0.3, 0.4) is 0 Å². The highest BCUT2D eigenvalue weighted by Gasteiger charge is 2.21. The van der Waals surface area contributed by atoms with Gasteiger partial charge in [0.25, 0.3) is 0 Å². The van der Waals surface area contributed by atoms with Crippen LogP contribution in [0.25, 0.3) is 0 Å². The summed E-state index contributed by atoms with van der Waals surface area (Å²) in [4.78, 5) is 0. The maximum atomic E-state index is 6.06. The van der Waals surface area contributed by atoms with Crippen molar-refractivity contribution in [1.82, 2.24) is 9.78 Å². The van der Waals surface area contributed by atoms with Gasteiger partial charge in [0.05, 0.1) is 25.0 Å². The van der Waals surface area contributed by atoms with Gasteiger partial charge in [-0.25, -0.2) is 0 Å². The molecular formula is C10H17N3O. The Morgan fingerprint density at radius 2 is 2.57 bits per heavy atom. The summed E-state index contributed by atoms with van der Waals surface area (Å²) in [6, 6.07) is 0.165. The Morgan fingerprint density at radius 3 is 3.36 bits per heavy atom. The lowest BCUT2D eigenvalue weighted by molar-refractivity contribution is 0.181. The van der Waals surface area contributed by atoms with Crippen molar-refractivity contribution in [3.05, 3.63) is 17.5 Å². The lowest BCUT2D eigenvalue weighted by atomic mass is 9.94. The lowest BCUT2D eigenvalue weighted by Gasteiger charge is -2.20. The molecule has 78 valence electrons. The molecule has 1 aliphatic rings. The normalized spacial score (nSPS) is 20.9. The highest BCUT2D eigenvalue weighted by Crippen LogP contribution is 2.27. The van der Waals surface area contributed by atoms with Crippen LogP contribution in [0, 0.1) is 0 Å². The number of nitrogens with two attached hydrogens (primary N) is 1. The number of ether oxygens (including phenoxy) is 1. The number of methoxy groups -OCH3 is 1. The quantitative estimate of drug-likeness (QED) is 0.778. The monoisotopic (exact) mass is 195 g/mol. The van der Waals surface area contributed by atoms with E-state index in [2.05, 4.69) is 5.10 Å². The third-order valence-electron chi connectivity index (χ3n) is 2.78. The predicted octanol–water partition coefficient (Wildman–Crippen LogP) is 0.866. The van der Waals surface area contributed by atoms with Gasteiger partial charge in [0.1, 0.15) is 0 Å². The van der Waals surface area contributed by atoms with Crippen molar-refractivity contribution in [2.45, 2.75) is 31.8 Å². The fraction of sp³-hybridized carbons (Fsp3) is 0.700. The molecule has 1 aromatic rings. The zero-order valence-electron chi connectivity index (χ0n) is 8.57. The first-order chi connectivity index (χ1) is 6.83. The predicted molar refractivity (Wildman–Crippen MR) is 54.0 cm³/mol. The van der Waals surface area contributed by atoms with Crippen LogP contribution in [-0.2, 0) is 17.7 Å². The first-order valence-corrected chi connectivity index (χ1v) is 5.12. The van der Waals surface area contributed by atoms with Gasteiger partial charge in [-0.3, -0.25) is 4.68 Å². The fourth-order valence-electron chi connectivity index (χ4n) is 2.06. The molecular weight excluding hydrogens is 178 g/mol. The van der Waals surface area contributed by atoms with Crippen molar-refractivity contribution >= 4 is 0 Å². The van der Waals surface area contributed by atoms with E-state index in [1.54, 1.807) is 7.11 Å². The maximum Gasteiger partial charge on any atom is 0.0659 e.